The van der Waals surface area contributed by atoms with Crippen LogP contribution < -0.4 is 27.4 Å². The number of hydrogen-bond donors (Lipinski definition) is 8. The Morgan fingerprint density at radius 3 is 1.94 bits per heavy atom. The third-order valence-corrected chi connectivity index (χ3v) is 5.57. The molecule has 0 aliphatic rings. The van der Waals surface area contributed by atoms with Gasteiger partial charge in [0.15, 0.2) is 0 Å². The number of hydrogen-bond acceptors (Lipinski definition) is 8. The number of aromatic hydroxyl groups is 1. The molecule has 0 fully saturated rings. The number of benzene rings is 1. The van der Waals surface area contributed by atoms with Crippen LogP contribution in [0.2, 0.25) is 0 Å². The molecule has 0 saturated carbocycles. The van der Waals surface area contributed by atoms with Gasteiger partial charge in [-0.25, -0.2) is 4.79 Å². The highest BCUT2D eigenvalue weighted by atomic mass is 32.1. The average molecular weight is 526 g/mol. The molecule has 13 heteroatoms. The highest BCUT2D eigenvalue weighted by molar-refractivity contribution is 7.80. The van der Waals surface area contributed by atoms with Crippen molar-refractivity contribution in [3.8, 4) is 5.75 Å². The number of primary amides is 1. The number of carboxylic acids is 1. The number of carbonyl (C=O) groups excluding carboxylic acids is 4. The van der Waals surface area contributed by atoms with Gasteiger partial charge in [-0.2, -0.15) is 12.6 Å². The minimum Gasteiger partial charge on any atom is -0.508 e. The molecule has 0 radical (unpaired) electrons. The van der Waals surface area contributed by atoms with Gasteiger partial charge in [-0.15, -0.1) is 0 Å². The maximum Gasteiger partial charge on any atom is 0.326 e. The molecule has 0 aromatic heterocycles. The number of amides is 4. The number of carboxylic acid groups (broad SMARTS) is 1. The fourth-order valence-corrected chi connectivity index (χ4v) is 3.40. The predicted octanol–water partition coefficient (Wildman–Crippen LogP) is -0.958. The van der Waals surface area contributed by atoms with E-state index in [1.807, 2.05) is 0 Å². The Kier molecular flexibility index (Phi) is 12.7. The number of phenols is 1. The molecule has 0 bridgehead atoms. The summed E-state index contributed by atoms with van der Waals surface area (Å²) in [6, 6.07) is 1.22. The smallest absolute Gasteiger partial charge is 0.326 e. The van der Waals surface area contributed by atoms with Crippen LogP contribution in [-0.2, 0) is 30.4 Å². The van der Waals surface area contributed by atoms with Gasteiger partial charge in [0.1, 0.15) is 23.9 Å². The van der Waals surface area contributed by atoms with Crippen LogP contribution in [0.5, 0.6) is 5.75 Å². The Morgan fingerprint density at radius 1 is 0.917 bits per heavy atom. The standard InChI is InChI=1S/C23H35N5O7S/c1-12(2)9-18(23(34)35)28-22(33)17(10-13-3-5-14(29)6-4-13)27-21(32)16(7-8-19(25)30)26-20(31)15(24)11-36/h3-6,12,15-18,29,36H,7-11,24H2,1-2H3,(H2,25,30)(H,26,31)(H,27,32)(H,28,33)(H,34,35). The van der Waals surface area contributed by atoms with Crippen molar-refractivity contribution in [2.75, 3.05) is 5.75 Å². The van der Waals surface area contributed by atoms with Crippen LogP contribution in [-0.4, -0.2) is 69.7 Å². The molecular weight excluding hydrogens is 490 g/mol. The van der Waals surface area contributed by atoms with E-state index in [1.54, 1.807) is 26.0 Å². The van der Waals surface area contributed by atoms with E-state index in [0.29, 0.717) is 5.56 Å². The maximum atomic E-state index is 13.1. The van der Waals surface area contributed by atoms with E-state index >= 15 is 0 Å². The monoisotopic (exact) mass is 525 g/mol. The van der Waals surface area contributed by atoms with Gasteiger partial charge in [0, 0.05) is 18.6 Å². The van der Waals surface area contributed by atoms with Gasteiger partial charge in [0.25, 0.3) is 0 Å². The summed E-state index contributed by atoms with van der Waals surface area (Å²) in [5, 5.41) is 26.4. The first-order valence-electron chi connectivity index (χ1n) is 11.4. The predicted molar refractivity (Wildman–Crippen MR) is 135 cm³/mol. The number of thiol groups is 1. The van der Waals surface area contributed by atoms with Crippen LogP contribution in [0.1, 0.15) is 38.7 Å². The zero-order chi connectivity index (χ0) is 27.4. The van der Waals surface area contributed by atoms with Crippen molar-refractivity contribution < 1.29 is 34.2 Å². The highest BCUT2D eigenvalue weighted by Crippen LogP contribution is 2.13. The summed E-state index contributed by atoms with van der Waals surface area (Å²) < 4.78 is 0. The molecule has 4 unspecified atom stereocenters. The molecule has 0 saturated heterocycles. The Morgan fingerprint density at radius 2 is 1.44 bits per heavy atom. The minimum atomic E-state index is -1.24. The molecule has 0 aliphatic carbocycles. The van der Waals surface area contributed by atoms with E-state index in [9.17, 15) is 34.2 Å². The lowest BCUT2D eigenvalue weighted by molar-refractivity contribution is -0.142. The second kappa shape index (κ2) is 14.9. The van der Waals surface area contributed by atoms with Crippen LogP contribution >= 0.6 is 12.6 Å². The van der Waals surface area contributed by atoms with Crippen LogP contribution in [0.15, 0.2) is 24.3 Å². The van der Waals surface area contributed by atoms with Crippen LogP contribution in [0.3, 0.4) is 0 Å². The van der Waals surface area contributed by atoms with Crippen molar-refractivity contribution in [2.24, 2.45) is 17.4 Å². The van der Waals surface area contributed by atoms with Gasteiger partial charge in [0.05, 0.1) is 6.04 Å². The van der Waals surface area contributed by atoms with Gasteiger partial charge in [0.2, 0.25) is 23.6 Å². The molecule has 9 N–H and O–H groups in total. The molecule has 0 aliphatic heterocycles. The van der Waals surface area contributed by atoms with Gasteiger partial charge in [-0.05, 0) is 36.5 Å². The Hall–Kier alpha value is -3.32. The Balaban J connectivity index is 3.17. The molecule has 1 aromatic carbocycles. The number of rotatable bonds is 15. The normalized spacial score (nSPS) is 14.2. The van der Waals surface area contributed by atoms with E-state index in [2.05, 4.69) is 28.6 Å². The lowest BCUT2D eigenvalue weighted by Gasteiger charge is -2.25. The maximum absolute atomic E-state index is 13.1. The van der Waals surface area contributed by atoms with Crippen LogP contribution in [0.25, 0.3) is 0 Å². The third kappa shape index (κ3) is 11.0. The summed E-state index contributed by atoms with van der Waals surface area (Å²) in [4.78, 5) is 61.3. The van der Waals surface area contributed by atoms with E-state index in [4.69, 9.17) is 11.5 Å². The largest absolute Gasteiger partial charge is 0.508 e. The van der Waals surface area contributed by atoms with Crippen LogP contribution in [0.4, 0.5) is 0 Å². The highest BCUT2D eigenvalue weighted by Gasteiger charge is 2.30. The fraction of sp³-hybridized carbons (Fsp3) is 0.522. The molecule has 4 atom stereocenters. The Bertz CT molecular complexity index is 926. The van der Waals surface area contributed by atoms with E-state index < -0.39 is 53.8 Å². The summed E-state index contributed by atoms with van der Waals surface area (Å²) in [5.41, 5.74) is 11.4. The zero-order valence-electron chi connectivity index (χ0n) is 20.3. The number of nitrogens with two attached hydrogens (primary N) is 2. The van der Waals surface area contributed by atoms with Crippen molar-refractivity contribution in [2.45, 2.75) is 63.7 Å². The molecule has 200 valence electrons. The molecule has 1 rings (SSSR count). The molecule has 0 heterocycles. The van der Waals surface area contributed by atoms with Gasteiger partial charge in [-0.1, -0.05) is 26.0 Å². The average Bonchev–Trinajstić information content (AvgIpc) is 2.80. The number of nitrogens with one attached hydrogen (secondary N) is 3. The van der Waals surface area contributed by atoms with Crippen molar-refractivity contribution in [3.63, 3.8) is 0 Å². The number of phenolic OH excluding ortho intramolecular Hbond substituents is 1. The van der Waals surface area contributed by atoms with E-state index in [0.717, 1.165) is 0 Å². The summed E-state index contributed by atoms with van der Waals surface area (Å²) in [5.74, 6) is -4.16. The summed E-state index contributed by atoms with van der Waals surface area (Å²) in [7, 11) is 0. The molecule has 4 amide bonds. The molecule has 0 spiro atoms. The quantitative estimate of drug-likeness (QED) is 0.133. The summed E-state index contributed by atoms with van der Waals surface area (Å²) in [6.07, 6.45) is -0.248. The SMILES string of the molecule is CC(C)CC(NC(=O)C(Cc1ccc(O)cc1)NC(=O)C(CCC(N)=O)NC(=O)C(N)CS)C(=O)O. The van der Waals surface area contributed by atoms with Gasteiger partial charge >= 0.3 is 5.97 Å². The molecule has 36 heavy (non-hydrogen) atoms. The van der Waals surface area contributed by atoms with Gasteiger partial charge < -0.3 is 37.6 Å². The lowest BCUT2D eigenvalue weighted by atomic mass is 10.0. The van der Waals surface area contributed by atoms with Crippen molar-refractivity contribution in [1.82, 2.24) is 16.0 Å². The molecule has 12 nitrogen and oxygen atoms in total. The summed E-state index contributed by atoms with van der Waals surface area (Å²) >= 11 is 3.95. The zero-order valence-corrected chi connectivity index (χ0v) is 21.2. The fourth-order valence-electron chi connectivity index (χ4n) is 3.23. The number of aliphatic carboxylic acids is 1. The second-order valence-electron chi connectivity index (χ2n) is 8.82. The molecule has 1 aromatic rings. The van der Waals surface area contributed by atoms with E-state index in [1.165, 1.54) is 12.1 Å². The van der Waals surface area contributed by atoms with Crippen molar-refractivity contribution in [1.29, 1.82) is 0 Å². The van der Waals surface area contributed by atoms with Gasteiger partial charge in [-0.3, -0.25) is 19.2 Å². The third-order valence-electron chi connectivity index (χ3n) is 5.18. The van der Waals surface area contributed by atoms with Crippen LogP contribution in [0, 0.1) is 5.92 Å². The van der Waals surface area contributed by atoms with Crippen molar-refractivity contribution in [3.05, 3.63) is 29.8 Å². The van der Waals surface area contributed by atoms with E-state index in [-0.39, 0.29) is 43.1 Å². The summed E-state index contributed by atoms with van der Waals surface area (Å²) in [6.45, 7) is 3.61. The van der Waals surface area contributed by atoms with Crippen molar-refractivity contribution >= 4 is 42.2 Å². The Labute approximate surface area is 215 Å². The first-order valence-corrected chi connectivity index (χ1v) is 12.0. The topological polar surface area (TPSA) is 214 Å². The first-order chi connectivity index (χ1) is 16.8. The lowest BCUT2D eigenvalue weighted by Crippen LogP contribution is -2.58. The number of carbonyl (C=O) groups is 5. The minimum absolute atomic E-state index is 0.00131. The second-order valence-corrected chi connectivity index (χ2v) is 9.18. The first kappa shape index (κ1) is 30.7. The molecular formula is C23H35N5O7S.